The van der Waals surface area contributed by atoms with Gasteiger partial charge in [0.15, 0.2) is 0 Å². The lowest BCUT2D eigenvalue weighted by atomic mass is 10.0. The van der Waals surface area contributed by atoms with E-state index in [2.05, 4.69) is 4.98 Å². The van der Waals surface area contributed by atoms with E-state index in [1.807, 2.05) is 25.1 Å². The fraction of sp³-hybridized carbons (Fsp3) is 0.231. The van der Waals surface area contributed by atoms with E-state index in [1.54, 1.807) is 6.92 Å². The van der Waals surface area contributed by atoms with E-state index in [0.29, 0.717) is 16.6 Å². The maximum atomic E-state index is 11.9. The van der Waals surface area contributed by atoms with Gasteiger partial charge in [0.25, 0.3) is 0 Å². The van der Waals surface area contributed by atoms with Gasteiger partial charge in [-0.05, 0) is 13.8 Å². The van der Waals surface area contributed by atoms with E-state index < -0.39 is 5.97 Å². The van der Waals surface area contributed by atoms with Crippen LogP contribution >= 0.6 is 0 Å². The van der Waals surface area contributed by atoms with E-state index >= 15 is 0 Å². The summed E-state index contributed by atoms with van der Waals surface area (Å²) in [7, 11) is 0. The Morgan fingerprint density at radius 3 is 2.67 bits per heavy atom. The molecule has 0 saturated heterocycles. The van der Waals surface area contributed by atoms with Gasteiger partial charge in [-0.1, -0.05) is 23.8 Å². The van der Waals surface area contributed by atoms with Crippen LogP contribution in [0.2, 0.25) is 0 Å². The summed E-state index contributed by atoms with van der Waals surface area (Å²) in [6, 6.07) is 5.59. The average Bonchev–Trinajstić information content (AvgIpc) is 2.28. The van der Waals surface area contributed by atoms with Gasteiger partial charge in [0.05, 0.1) is 6.61 Å². The Kier molecular flexibility index (Phi) is 3.06. The molecule has 5 nitrogen and oxygen atoms in total. The first-order valence-corrected chi connectivity index (χ1v) is 5.67. The van der Waals surface area contributed by atoms with Gasteiger partial charge < -0.3 is 16.2 Å². The SMILES string of the molecule is CCOC(=O)c1c(N)nc(N)c2ccc(C)cc12. The van der Waals surface area contributed by atoms with E-state index in [9.17, 15) is 4.79 Å². The Bertz CT molecular complexity index is 623. The van der Waals surface area contributed by atoms with Gasteiger partial charge >= 0.3 is 5.97 Å². The van der Waals surface area contributed by atoms with Crippen LogP contribution in [0.3, 0.4) is 0 Å². The van der Waals surface area contributed by atoms with Crippen molar-refractivity contribution in [1.29, 1.82) is 0 Å². The number of anilines is 2. The maximum Gasteiger partial charge on any atom is 0.342 e. The van der Waals surface area contributed by atoms with Crippen LogP contribution in [-0.2, 0) is 4.74 Å². The highest BCUT2D eigenvalue weighted by molar-refractivity contribution is 6.10. The highest BCUT2D eigenvalue weighted by atomic mass is 16.5. The lowest BCUT2D eigenvalue weighted by Crippen LogP contribution is -2.11. The lowest BCUT2D eigenvalue weighted by Gasteiger charge is -2.11. The van der Waals surface area contributed by atoms with Gasteiger partial charge in [-0.25, -0.2) is 9.78 Å². The molecule has 0 aliphatic rings. The number of carbonyl (C=O) groups is 1. The molecule has 0 saturated carbocycles. The van der Waals surface area contributed by atoms with Crippen molar-refractivity contribution in [3.05, 3.63) is 29.3 Å². The second-order valence-electron chi connectivity index (χ2n) is 4.03. The quantitative estimate of drug-likeness (QED) is 0.788. The monoisotopic (exact) mass is 245 g/mol. The molecule has 18 heavy (non-hydrogen) atoms. The standard InChI is InChI=1S/C13H15N3O2/c1-3-18-13(17)10-9-6-7(2)4-5-8(9)11(14)16-12(10)15/h4-6H,3H2,1-2H3,(H4,14,15,16). The zero-order chi connectivity index (χ0) is 13.3. The van der Waals surface area contributed by atoms with Crippen molar-refractivity contribution in [3.63, 3.8) is 0 Å². The molecule has 0 fully saturated rings. The van der Waals surface area contributed by atoms with Crippen LogP contribution in [0.5, 0.6) is 0 Å². The number of benzene rings is 1. The Labute approximate surface area is 105 Å². The van der Waals surface area contributed by atoms with E-state index in [1.165, 1.54) is 0 Å². The molecule has 0 aliphatic heterocycles. The third-order valence-electron chi connectivity index (χ3n) is 2.70. The third kappa shape index (κ3) is 1.95. The lowest BCUT2D eigenvalue weighted by molar-refractivity contribution is 0.0529. The minimum atomic E-state index is -0.474. The summed E-state index contributed by atoms with van der Waals surface area (Å²) in [5.41, 5.74) is 12.9. The summed E-state index contributed by atoms with van der Waals surface area (Å²) < 4.78 is 5.00. The molecule has 1 aromatic heterocycles. The Balaban J connectivity index is 2.78. The molecule has 2 aromatic rings. The van der Waals surface area contributed by atoms with Gasteiger partial charge in [-0.15, -0.1) is 0 Å². The Morgan fingerprint density at radius 2 is 2.00 bits per heavy atom. The van der Waals surface area contributed by atoms with E-state index in [4.69, 9.17) is 16.2 Å². The summed E-state index contributed by atoms with van der Waals surface area (Å²) in [5, 5.41) is 1.39. The molecule has 5 heteroatoms. The fourth-order valence-corrected chi connectivity index (χ4v) is 1.89. The Hall–Kier alpha value is -2.30. The molecule has 0 amide bonds. The summed E-state index contributed by atoms with van der Waals surface area (Å²) in [4.78, 5) is 15.9. The van der Waals surface area contributed by atoms with Crippen molar-refractivity contribution in [2.45, 2.75) is 13.8 Å². The van der Waals surface area contributed by atoms with E-state index in [0.717, 1.165) is 5.56 Å². The van der Waals surface area contributed by atoms with Crippen LogP contribution < -0.4 is 11.5 Å². The second-order valence-corrected chi connectivity index (χ2v) is 4.03. The molecule has 0 bridgehead atoms. The molecule has 0 atom stereocenters. The van der Waals surface area contributed by atoms with Crippen molar-refractivity contribution < 1.29 is 9.53 Å². The number of nitrogens with two attached hydrogens (primary N) is 2. The molecular weight excluding hydrogens is 230 g/mol. The van der Waals surface area contributed by atoms with Gasteiger partial charge in [-0.3, -0.25) is 0 Å². The number of esters is 1. The first-order chi connectivity index (χ1) is 8.54. The molecular formula is C13H15N3O2. The smallest absolute Gasteiger partial charge is 0.342 e. The summed E-state index contributed by atoms with van der Waals surface area (Å²) >= 11 is 0. The summed E-state index contributed by atoms with van der Waals surface area (Å²) in [6.07, 6.45) is 0. The minimum absolute atomic E-state index is 0.101. The number of aryl methyl sites for hydroxylation is 1. The highest BCUT2D eigenvalue weighted by Gasteiger charge is 2.18. The number of nitrogen functional groups attached to an aromatic ring is 2. The minimum Gasteiger partial charge on any atom is -0.462 e. The average molecular weight is 245 g/mol. The maximum absolute atomic E-state index is 11.9. The molecule has 1 aromatic carbocycles. The number of pyridine rings is 1. The van der Waals surface area contributed by atoms with Crippen molar-refractivity contribution >= 4 is 28.4 Å². The van der Waals surface area contributed by atoms with Crippen LogP contribution in [-0.4, -0.2) is 17.6 Å². The number of fused-ring (bicyclic) bond motifs is 1. The fourth-order valence-electron chi connectivity index (χ4n) is 1.89. The van der Waals surface area contributed by atoms with Crippen molar-refractivity contribution in [3.8, 4) is 0 Å². The topological polar surface area (TPSA) is 91.2 Å². The first kappa shape index (κ1) is 12.2. The van der Waals surface area contributed by atoms with Crippen LogP contribution in [0.4, 0.5) is 11.6 Å². The van der Waals surface area contributed by atoms with Crippen LogP contribution in [0, 0.1) is 6.92 Å². The number of aromatic nitrogens is 1. The number of ether oxygens (including phenoxy) is 1. The van der Waals surface area contributed by atoms with Gasteiger partial charge in [0.2, 0.25) is 0 Å². The number of hydrogen-bond acceptors (Lipinski definition) is 5. The summed E-state index contributed by atoms with van der Waals surface area (Å²) in [5.74, 6) is -0.0577. The normalized spacial score (nSPS) is 10.6. The second kappa shape index (κ2) is 4.52. The summed E-state index contributed by atoms with van der Waals surface area (Å²) in [6.45, 7) is 3.96. The molecule has 4 N–H and O–H groups in total. The number of carbonyl (C=O) groups excluding carboxylic acids is 1. The zero-order valence-corrected chi connectivity index (χ0v) is 10.4. The number of nitrogens with zero attached hydrogens (tertiary/aromatic N) is 1. The van der Waals surface area contributed by atoms with Crippen LogP contribution in [0.1, 0.15) is 22.8 Å². The van der Waals surface area contributed by atoms with Crippen molar-refractivity contribution in [2.24, 2.45) is 0 Å². The predicted molar refractivity (Wildman–Crippen MR) is 71.3 cm³/mol. The number of hydrogen-bond donors (Lipinski definition) is 2. The van der Waals surface area contributed by atoms with Crippen molar-refractivity contribution in [1.82, 2.24) is 4.98 Å². The van der Waals surface area contributed by atoms with Crippen LogP contribution in [0.25, 0.3) is 10.8 Å². The first-order valence-electron chi connectivity index (χ1n) is 5.67. The molecule has 0 radical (unpaired) electrons. The molecule has 0 aliphatic carbocycles. The highest BCUT2D eigenvalue weighted by Crippen LogP contribution is 2.28. The molecule has 2 rings (SSSR count). The Morgan fingerprint density at radius 1 is 1.28 bits per heavy atom. The van der Waals surface area contributed by atoms with Gasteiger partial charge in [0, 0.05) is 10.8 Å². The molecule has 0 spiro atoms. The van der Waals surface area contributed by atoms with E-state index in [-0.39, 0.29) is 18.0 Å². The number of rotatable bonds is 2. The molecule has 1 heterocycles. The predicted octanol–water partition coefficient (Wildman–Crippen LogP) is 1.88. The third-order valence-corrected chi connectivity index (χ3v) is 2.70. The van der Waals surface area contributed by atoms with Gasteiger partial charge in [0.1, 0.15) is 17.2 Å². The molecule has 0 unspecified atom stereocenters. The van der Waals surface area contributed by atoms with Gasteiger partial charge in [-0.2, -0.15) is 0 Å². The molecule has 94 valence electrons. The largest absolute Gasteiger partial charge is 0.462 e. The zero-order valence-electron chi connectivity index (χ0n) is 10.4. The van der Waals surface area contributed by atoms with Crippen LogP contribution in [0.15, 0.2) is 18.2 Å². The van der Waals surface area contributed by atoms with Crippen molar-refractivity contribution in [2.75, 3.05) is 18.1 Å².